The van der Waals surface area contributed by atoms with Crippen molar-refractivity contribution in [3.8, 4) is 11.1 Å². The zero-order chi connectivity index (χ0) is 21.0. The van der Waals surface area contributed by atoms with Crippen LogP contribution in [0.3, 0.4) is 0 Å². The number of amides is 1. The molecule has 0 bridgehead atoms. The number of carbonyl (C=O) groups excluding carboxylic acids is 1. The van der Waals surface area contributed by atoms with Crippen LogP contribution in [0.15, 0.2) is 59.8 Å². The molecule has 29 heavy (non-hydrogen) atoms. The number of aromatic carboxylic acids is 1. The zero-order valence-electron chi connectivity index (χ0n) is 17.2. The Balaban J connectivity index is 1.88. The van der Waals surface area contributed by atoms with Gasteiger partial charge in [-0.15, -0.1) is 0 Å². The first kappa shape index (κ1) is 20.6. The fraction of sp³-hybridized carbons (Fsp3) is 0.333. The summed E-state index contributed by atoms with van der Waals surface area (Å²) in [6.07, 6.45) is 3.55. The summed E-state index contributed by atoms with van der Waals surface area (Å²) in [7, 11) is 1.82. The number of likely N-dealkylation sites (N-methyl/N-ethyl adjacent to an activating group) is 1. The predicted molar refractivity (Wildman–Crippen MR) is 114 cm³/mol. The Morgan fingerprint density at radius 2 is 1.83 bits per heavy atom. The van der Waals surface area contributed by atoms with E-state index in [4.69, 9.17) is 0 Å². The minimum atomic E-state index is -0.938. The van der Waals surface area contributed by atoms with Gasteiger partial charge in [-0.25, -0.2) is 4.79 Å². The van der Waals surface area contributed by atoms with Crippen molar-refractivity contribution in [1.82, 2.24) is 10.2 Å². The summed E-state index contributed by atoms with van der Waals surface area (Å²) in [4.78, 5) is 26.1. The number of rotatable bonds is 7. The number of carbonyl (C=O) groups is 2. The number of allylic oxidation sites excluding steroid dienone is 1. The molecule has 0 aliphatic carbocycles. The molecule has 0 radical (unpaired) electrons. The van der Waals surface area contributed by atoms with E-state index in [1.807, 2.05) is 50.4 Å². The quantitative estimate of drug-likeness (QED) is 0.731. The van der Waals surface area contributed by atoms with Crippen molar-refractivity contribution in [3.05, 3.63) is 70.9 Å². The molecule has 2 aromatic rings. The van der Waals surface area contributed by atoms with Crippen molar-refractivity contribution in [3.63, 3.8) is 0 Å². The Hall–Kier alpha value is -3.08. The molecule has 5 nitrogen and oxygen atoms in total. The van der Waals surface area contributed by atoms with Gasteiger partial charge >= 0.3 is 5.97 Å². The summed E-state index contributed by atoms with van der Waals surface area (Å²) in [5.41, 5.74) is 4.72. The van der Waals surface area contributed by atoms with Crippen LogP contribution in [0.1, 0.15) is 49.0 Å². The van der Waals surface area contributed by atoms with Crippen LogP contribution in [-0.2, 0) is 11.2 Å². The van der Waals surface area contributed by atoms with E-state index >= 15 is 0 Å². The minimum absolute atomic E-state index is 0.00648. The number of nitrogens with one attached hydrogen (secondary N) is 1. The van der Waals surface area contributed by atoms with E-state index in [2.05, 4.69) is 12.2 Å². The first-order valence-corrected chi connectivity index (χ1v) is 10.1. The molecule has 1 heterocycles. The Labute approximate surface area is 172 Å². The number of carboxylic acid groups (broad SMARTS) is 1. The summed E-state index contributed by atoms with van der Waals surface area (Å²) < 4.78 is 0. The summed E-state index contributed by atoms with van der Waals surface area (Å²) in [6.45, 7) is 4.14. The van der Waals surface area contributed by atoms with Gasteiger partial charge in [-0.2, -0.15) is 0 Å². The van der Waals surface area contributed by atoms with Gasteiger partial charge in [-0.05, 0) is 42.5 Å². The zero-order valence-corrected chi connectivity index (χ0v) is 17.2. The number of nitrogens with zero attached hydrogens (tertiary/aromatic N) is 1. The lowest BCUT2D eigenvalue weighted by Gasteiger charge is -2.35. The molecular formula is C24H28N2O3. The van der Waals surface area contributed by atoms with Gasteiger partial charge in [0.25, 0.3) is 5.91 Å². The molecule has 0 saturated carbocycles. The second kappa shape index (κ2) is 8.95. The number of hydrogen-bond donors (Lipinski definition) is 2. The highest BCUT2D eigenvalue weighted by Crippen LogP contribution is 2.27. The number of unbranched alkanes of at least 4 members (excludes halogenated alkanes) is 1. The Bertz CT molecular complexity index is 931. The summed E-state index contributed by atoms with van der Waals surface area (Å²) >= 11 is 0. The van der Waals surface area contributed by atoms with Crippen molar-refractivity contribution >= 4 is 11.9 Å². The first-order valence-electron chi connectivity index (χ1n) is 10.1. The molecule has 5 heteroatoms. The van der Waals surface area contributed by atoms with Gasteiger partial charge in [0.05, 0.1) is 11.7 Å². The van der Waals surface area contributed by atoms with Crippen LogP contribution in [-0.4, -0.2) is 35.1 Å². The van der Waals surface area contributed by atoms with Gasteiger partial charge in [0, 0.05) is 24.7 Å². The van der Waals surface area contributed by atoms with E-state index in [-0.39, 0.29) is 17.6 Å². The van der Waals surface area contributed by atoms with E-state index in [9.17, 15) is 14.7 Å². The number of hydrogen-bond acceptors (Lipinski definition) is 3. The highest BCUT2D eigenvalue weighted by Gasteiger charge is 2.28. The first-order chi connectivity index (χ1) is 13.9. The molecule has 3 rings (SSSR count). The second-order valence-corrected chi connectivity index (χ2v) is 7.52. The summed E-state index contributed by atoms with van der Waals surface area (Å²) in [6, 6.07) is 14.8. The van der Waals surface area contributed by atoms with Crippen LogP contribution in [0.5, 0.6) is 0 Å². The smallest absolute Gasteiger partial charge is 0.336 e. The molecule has 1 aliphatic rings. The predicted octanol–water partition coefficient (Wildman–Crippen LogP) is 4.45. The van der Waals surface area contributed by atoms with Gasteiger partial charge in [0.1, 0.15) is 0 Å². The largest absolute Gasteiger partial charge is 0.478 e. The van der Waals surface area contributed by atoms with Crippen LogP contribution < -0.4 is 5.32 Å². The third-order valence-electron chi connectivity index (χ3n) is 5.49. The molecule has 152 valence electrons. The lowest BCUT2D eigenvalue weighted by atomic mass is 9.94. The molecule has 1 atom stereocenters. The number of carboxylic acids is 1. The topological polar surface area (TPSA) is 69.6 Å². The molecular weight excluding hydrogens is 364 g/mol. The van der Waals surface area contributed by atoms with Crippen LogP contribution >= 0.6 is 0 Å². The molecule has 1 unspecified atom stereocenters. The van der Waals surface area contributed by atoms with Crippen molar-refractivity contribution in [2.45, 2.75) is 45.7 Å². The van der Waals surface area contributed by atoms with E-state index in [0.717, 1.165) is 41.7 Å². The van der Waals surface area contributed by atoms with Crippen molar-refractivity contribution < 1.29 is 14.7 Å². The molecule has 0 aromatic heterocycles. The fourth-order valence-electron chi connectivity index (χ4n) is 3.64. The third-order valence-corrected chi connectivity index (χ3v) is 5.49. The maximum atomic E-state index is 12.9. The number of benzene rings is 2. The van der Waals surface area contributed by atoms with E-state index < -0.39 is 5.97 Å². The second-order valence-electron chi connectivity index (χ2n) is 7.52. The average Bonchev–Trinajstić information content (AvgIpc) is 2.73. The maximum Gasteiger partial charge on any atom is 0.336 e. The molecule has 0 fully saturated rings. The van der Waals surface area contributed by atoms with Crippen LogP contribution in [0, 0.1) is 0 Å². The van der Waals surface area contributed by atoms with Gasteiger partial charge < -0.3 is 15.3 Å². The molecule has 0 saturated heterocycles. The van der Waals surface area contributed by atoms with Crippen molar-refractivity contribution in [2.75, 3.05) is 7.05 Å². The Kier molecular flexibility index (Phi) is 6.37. The van der Waals surface area contributed by atoms with Crippen molar-refractivity contribution in [2.24, 2.45) is 0 Å². The lowest BCUT2D eigenvalue weighted by molar-refractivity contribution is -0.129. The monoisotopic (exact) mass is 392 g/mol. The SMILES string of the molecule is CCCCC1=C(Cc2ccc(-c3ccccc3C(=O)O)cc2)C(=O)N(C)C(C)N1. The lowest BCUT2D eigenvalue weighted by Crippen LogP contribution is -2.50. The molecule has 2 N–H and O–H groups in total. The summed E-state index contributed by atoms with van der Waals surface area (Å²) in [5, 5.41) is 12.9. The van der Waals surface area contributed by atoms with Crippen LogP contribution in [0.4, 0.5) is 0 Å². The normalized spacial score (nSPS) is 16.7. The van der Waals surface area contributed by atoms with E-state index in [0.29, 0.717) is 12.0 Å². The minimum Gasteiger partial charge on any atom is -0.478 e. The van der Waals surface area contributed by atoms with Gasteiger partial charge in [-0.3, -0.25) is 4.79 Å². The summed E-state index contributed by atoms with van der Waals surface area (Å²) in [5.74, 6) is -0.867. The highest BCUT2D eigenvalue weighted by molar-refractivity contribution is 5.96. The standard InChI is InChI=1S/C24H28N2O3/c1-4-5-10-22-21(23(27)26(3)16(2)25-22)15-17-11-13-18(14-12-17)19-8-6-7-9-20(19)24(28)29/h6-9,11-14,16,25H,4-5,10,15H2,1-3H3,(H,28,29). The Morgan fingerprint density at radius 3 is 2.48 bits per heavy atom. The Morgan fingerprint density at radius 1 is 1.14 bits per heavy atom. The van der Waals surface area contributed by atoms with Crippen molar-refractivity contribution in [1.29, 1.82) is 0 Å². The van der Waals surface area contributed by atoms with Crippen LogP contribution in [0.2, 0.25) is 0 Å². The van der Waals surface area contributed by atoms with E-state index in [1.54, 1.807) is 17.0 Å². The van der Waals surface area contributed by atoms with Gasteiger partial charge in [-0.1, -0.05) is 55.8 Å². The van der Waals surface area contributed by atoms with Gasteiger partial charge in [0.2, 0.25) is 0 Å². The van der Waals surface area contributed by atoms with E-state index in [1.165, 1.54) is 0 Å². The average molecular weight is 392 g/mol. The molecule has 1 amide bonds. The maximum absolute atomic E-state index is 12.9. The molecule has 0 spiro atoms. The fourth-order valence-corrected chi connectivity index (χ4v) is 3.64. The molecule has 2 aromatic carbocycles. The van der Waals surface area contributed by atoms with Gasteiger partial charge in [0.15, 0.2) is 0 Å². The molecule has 1 aliphatic heterocycles. The van der Waals surface area contributed by atoms with Crippen LogP contribution in [0.25, 0.3) is 11.1 Å². The highest BCUT2D eigenvalue weighted by atomic mass is 16.4. The third kappa shape index (κ3) is 4.50.